The number of hydrogen-bond donors (Lipinski definition) is 0. The maximum atomic E-state index is 13.2. The molecule has 0 aromatic rings. The average molecular weight is 238 g/mol. The molecule has 1 atom stereocenters. The second-order valence-electron chi connectivity index (χ2n) is 4.00. The number of hydrogen-bond acceptors (Lipinski definition) is 3. The fourth-order valence-corrected chi connectivity index (χ4v) is 2.94. The van der Waals surface area contributed by atoms with Crippen LogP contribution in [0.1, 0.15) is 46.0 Å². The Kier molecular flexibility index (Phi) is 5.24. The Labute approximate surface area is 91.0 Å². The van der Waals surface area contributed by atoms with E-state index >= 15 is 0 Å². The van der Waals surface area contributed by atoms with E-state index in [0.717, 1.165) is 38.0 Å². The van der Waals surface area contributed by atoms with Gasteiger partial charge in [-0.3, -0.25) is 9.05 Å². The van der Waals surface area contributed by atoms with E-state index in [2.05, 4.69) is 11.4 Å². The summed E-state index contributed by atoms with van der Waals surface area (Å²) in [4.78, 5) is 0. The molecule has 1 aliphatic rings. The van der Waals surface area contributed by atoms with Gasteiger partial charge < -0.3 is 0 Å². The van der Waals surface area contributed by atoms with Crippen LogP contribution in [0.5, 0.6) is 0 Å². The molecule has 0 amide bonds. The lowest BCUT2D eigenvalue weighted by Gasteiger charge is -2.27. The van der Waals surface area contributed by atoms with Gasteiger partial charge in [-0.1, -0.05) is 13.3 Å². The molecule has 3 nitrogen and oxygen atoms in total. The van der Waals surface area contributed by atoms with Crippen molar-refractivity contribution < 1.29 is 17.8 Å². The Morgan fingerprint density at radius 1 is 1.27 bits per heavy atom. The molecule has 1 aliphatic carbocycles. The van der Waals surface area contributed by atoms with E-state index in [9.17, 15) is 8.76 Å². The Morgan fingerprint density at radius 2 is 1.87 bits per heavy atom. The van der Waals surface area contributed by atoms with Gasteiger partial charge in [-0.15, -0.1) is 4.20 Å². The van der Waals surface area contributed by atoms with Crippen molar-refractivity contribution in [3.8, 4) is 0 Å². The summed E-state index contributed by atoms with van der Waals surface area (Å²) in [5.74, 6) is 0.718. The van der Waals surface area contributed by atoms with Gasteiger partial charge in [0.05, 0.1) is 12.7 Å². The largest absolute Gasteiger partial charge is 0.513 e. The van der Waals surface area contributed by atoms with Crippen molar-refractivity contribution in [3.05, 3.63) is 0 Å². The first-order chi connectivity index (χ1) is 7.07. The van der Waals surface area contributed by atoms with E-state index in [1.807, 2.05) is 0 Å². The van der Waals surface area contributed by atoms with Crippen molar-refractivity contribution in [3.63, 3.8) is 0 Å². The monoisotopic (exact) mass is 238 g/mol. The minimum Gasteiger partial charge on any atom is -0.284 e. The van der Waals surface area contributed by atoms with E-state index in [0.29, 0.717) is 0 Å². The van der Waals surface area contributed by atoms with Gasteiger partial charge in [-0.05, 0) is 38.5 Å². The van der Waals surface area contributed by atoms with Crippen molar-refractivity contribution in [1.82, 2.24) is 0 Å². The molecule has 0 bridgehead atoms. The van der Waals surface area contributed by atoms with Crippen LogP contribution < -0.4 is 0 Å². The van der Waals surface area contributed by atoms with Crippen LogP contribution in [0.3, 0.4) is 0 Å². The highest BCUT2D eigenvalue weighted by Gasteiger charge is 2.30. The third-order valence-electron chi connectivity index (χ3n) is 2.93. The van der Waals surface area contributed by atoms with E-state index in [-0.39, 0.29) is 12.7 Å². The van der Waals surface area contributed by atoms with Crippen LogP contribution in [0.4, 0.5) is 4.20 Å². The Morgan fingerprint density at radius 3 is 2.33 bits per heavy atom. The van der Waals surface area contributed by atoms with Gasteiger partial charge in [0.1, 0.15) is 0 Å². The van der Waals surface area contributed by atoms with Crippen LogP contribution in [0, 0.1) is 5.92 Å². The molecular weight excluding hydrogens is 218 g/mol. The second kappa shape index (κ2) is 5.97. The molecule has 0 aromatic carbocycles. The Bertz CT molecular complexity index is 227. The number of rotatable bonds is 5. The molecule has 0 N–H and O–H groups in total. The van der Waals surface area contributed by atoms with Crippen LogP contribution in [-0.4, -0.2) is 12.7 Å². The maximum absolute atomic E-state index is 13.2. The molecular formula is C10H20FO3P. The highest BCUT2D eigenvalue weighted by molar-refractivity contribution is 7.48. The third kappa shape index (κ3) is 4.62. The fraction of sp³-hybridized carbons (Fsp3) is 1.00. The lowest BCUT2D eigenvalue weighted by Crippen LogP contribution is -2.20. The smallest absolute Gasteiger partial charge is 0.284 e. The summed E-state index contributed by atoms with van der Waals surface area (Å²) in [5, 5.41) is 0. The summed E-state index contributed by atoms with van der Waals surface area (Å²) in [6.45, 7) is 3.84. The molecule has 15 heavy (non-hydrogen) atoms. The van der Waals surface area contributed by atoms with Gasteiger partial charge in [0.25, 0.3) is 0 Å². The predicted molar refractivity (Wildman–Crippen MR) is 57.5 cm³/mol. The molecule has 1 fully saturated rings. The minimum atomic E-state index is -4.29. The van der Waals surface area contributed by atoms with Gasteiger partial charge in [-0.2, -0.15) is 0 Å². The average Bonchev–Trinajstić information content (AvgIpc) is 2.18. The summed E-state index contributed by atoms with van der Waals surface area (Å²) in [6.07, 6.45) is 4.58. The standard InChI is InChI=1S/C10H20FO3P/c1-3-9-5-7-10(8-6-9)14-15(11,12)13-4-2/h9-10H,3-8H2,1-2H3. The van der Waals surface area contributed by atoms with E-state index in [1.165, 1.54) is 0 Å². The molecule has 0 saturated heterocycles. The Balaban J connectivity index is 2.32. The zero-order valence-corrected chi connectivity index (χ0v) is 10.3. The molecule has 5 heteroatoms. The number of halogens is 1. The van der Waals surface area contributed by atoms with Crippen LogP contribution in [0.15, 0.2) is 0 Å². The quantitative estimate of drug-likeness (QED) is 0.677. The van der Waals surface area contributed by atoms with Crippen LogP contribution in [0.25, 0.3) is 0 Å². The zero-order valence-electron chi connectivity index (χ0n) is 9.45. The van der Waals surface area contributed by atoms with E-state index < -0.39 is 7.91 Å². The van der Waals surface area contributed by atoms with Crippen molar-refractivity contribution in [1.29, 1.82) is 0 Å². The predicted octanol–water partition coefficient (Wildman–Crippen LogP) is 4.09. The fourth-order valence-electron chi connectivity index (χ4n) is 2.01. The minimum absolute atomic E-state index is 0.0814. The molecule has 0 aromatic heterocycles. The molecule has 1 rings (SSSR count). The van der Waals surface area contributed by atoms with Gasteiger partial charge in [0.2, 0.25) is 0 Å². The van der Waals surface area contributed by atoms with Gasteiger partial charge in [0, 0.05) is 0 Å². The SMILES string of the molecule is CCOP(=O)(F)OC1CCC(CC)CC1. The van der Waals surface area contributed by atoms with Crippen LogP contribution in [-0.2, 0) is 13.6 Å². The lowest BCUT2D eigenvalue weighted by atomic mass is 9.86. The summed E-state index contributed by atoms with van der Waals surface area (Å²) in [6, 6.07) is 0. The van der Waals surface area contributed by atoms with Crippen LogP contribution in [0.2, 0.25) is 0 Å². The normalized spacial score (nSPS) is 31.1. The summed E-state index contributed by atoms with van der Waals surface area (Å²) < 4.78 is 33.6. The molecule has 0 heterocycles. The van der Waals surface area contributed by atoms with E-state index in [1.54, 1.807) is 6.92 Å². The van der Waals surface area contributed by atoms with Crippen molar-refractivity contribution in [2.24, 2.45) is 5.92 Å². The summed E-state index contributed by atoms with van der Waals surface area (Å²) in [5.41, 5.74) is 0. The molecule has 0 spiro atoms. The van der Waals surface area contributed by atoms with Crippen molar-refractivity contribution in [2.45, 2.75) is 52.1 Å². The highest BCUT2D eigenvalue weighted by atomic mass is 31.2. The summed E-state index contributed by atoms with van der Waals surface area (Å²) in [7, 11) is -4.29. The van der Waals surface area contributed by atoms with Gasteiger partial charge in [-0.25, -0.2) is 4.57 Å². The second-order valence-corrected chi connectivity index (χ2v) is 5.34. The highest BCUT2D eigenvalue weighted by Crippen LogP contribution is 2.52. The third-order valence-corrected chi connectivity index (χ3v) is 4.05. The molecule has 1 unspecified atom stereocenters. The van der Waals surface area contributed by atoms with Crippen molar-refractivity contribution >= 4 is 7.91 Å². The zero-order chi connectivity index (χ0) is 11.3. The maximum Gasteiger partial charge on any atom is 0.513 e. The molecule has 0 radical (unpaired) electrons. The van der Waals surface area contributed by atoms with E-state index in [4.69, 9.17) is 4.52 Å². The first kappa shape index (κ1) is 13.1. The molecule has 0 aliphatic heterocycles. The first-order valence-corrected chi connectivity index (χ1v) is 7.13. The first-order valence-electron chi connectivity index (χ1n) is 5.70. The van der Waals surface area contributed by atoms with Gasteiger partial charge >= 0.3 is 7.91 Å². The van der Waals surface area contributed by atoms with Crippen LogP contribution >= 0.6 is 7.91 Å². The Hall–Kier alpha value is 0.0800. The molecule has 90 valence electrons. The lowest BCUT2D eigenvalue weighted by molar-refractivity contribution is 0.0866. The van der Waals surface area contributed by atoms with Gasteiger partial charge in [0.15, 0.2) is 0 Å². The van der Waals surface area contributed by atoms with Crippen molar-refractivity contribution in [2.75, 3.05) is 6.61 Å². The topological polar surface area (TPSA) is 35.5 Å². The molecule has 1 saturated carbocycles. The summed E-state index contributed by atoms with van der Waals surface area (Å²) >= 11 is 0.